The molecule has 2 N–H and O–H groups in total. The van der Waals surface area contributed by atoms with Crippen molar-refractivity contribution in [1.82, 2.24) is 9.96 Å². The molecule has 0 radical (unpaired) electrons. The lowest BCUT2D eigenvalue weighted by Gasteiger charge is -2.16. The molecule has 0 spiro atoms. The van der Waals surface area contributed by atoms with Crippen molar-refractivity contribution in [2.45, 2.75) is 6.92 Å². The van der Waals surface area contributed by atoms with Crippen molar-refractivity contribution in [3.63, 3.8) is 0 Å². The van der Waals surface area contributed by atoms with Gasteiger partial charge in [-0.3, -0.25) is 0 Å². The highest BCUT2D eigenvalue weighted by atomic mass is 16.5. The molecule has 0 aliphatic rings. The first-order valence-corrected chi connectivity index (χ1v) is 3.45. The lowest BCUT2D eigenvalue weighted by molar-refractivity contribution is -0.0882. The van der Waals surface area contributed by atoms with Gasteiger partial charge >= 0.3 is 6.09 Å². The van der Waals surface area contributed by atoms with Crippen LogP contribution in [-0.2, 0) is 0 Å². The molecule has 0 aromatic heterocycles. The van der Waals surface area contributed by atoms with Crippen LogP contribution in [0, 0.1) is 0 Å². The van der Waals surface area contributed by atoms with Crippen LogP contribution in [0.15, 0.2) is 0 Å². The Balaban J connectivity index is 3.45. The lowest BCUT2D eigenvalue weighted by atomic mass is 10.5. The number of rotatable bonds is 4. The Morgan fingerprint density at radius 2 is 2.00 bits per heavy atom. The van der Waals surface area contributed by atoms with E-state index in [0.29, 0.717) is 19.6 Å². The summed E-state index contributed by atoms with van der Waals surface area (Å²) in [6, 6.07) is 0. The van der Waals surface area contributed by atoms with E-state index >= 15 is 0 Å². The Morgan fingerprint density at radius 1 is 1.45 bits per heavy atom. The molecular formula is C6H14N2O3. The third-order valence-corrected chi connectivity index (χ3v) is 1.39. The molecule has 0 aliphatic carbocycles. The predicted octanol–water partition coefficient (Wildman–Crippen LogP) is 0.307. The topological polar surface area (TPSA) is 64.0 Å². The zero-order valence-corrected chi connectivity index (χ0v) is 6.82. The van der Waals surface area contributed by atoms with Crippen molar-refractivity contribution >= 4 is 6.09 Å². The number of nitrogens with zero attached hydrogens (tertiary/aromatic N) is 2. The molecule has 0 rings (SSSR count). The summed E-state index contributed by atoms with van der Waals surface area (Å²) in [4.78, 5) is 11.3. The number of hydrogen-bond donors (Lipinski definition) is 2. The van der Waals surface area contributed by atoms with E-state index in [1.54, 1.807) is 6.92 Å². The maximum atomic E-state index is 10.2. The van der Waals surface area contributed by atoms with Crippen molar-refractivity contribution in [2.75, 3.05) is 26.7 Å². The third-order valence-electron chi connectivity index (χ3n) is 1.39. The molecule has 5 nitrogen and oxygen atoms in total. The van der Waals surface area contributed by atoms with Crippen LogP contribution in [0.25, 0.3) is 0 Å². The molecule has 0 fully saturated rings. The lowest BCUT2D eigenvalue weighted by Crippen LogP contribution is -2.33. The molecule has 0 aromatic carbocycles. The van der Waals surface area contributed by atoms with E-state index in [4.69, 9.17) is 10.3 Å². The van der Waals surface area contributed by atoms with E-state index < -0.39 is 6.09 Å². The molecule has 0 aliphatic heterocycles. The van der Waals surface area contributed by atoms with Crippen molar-refractivity contribution in [2.24, 2.45) is 0 Å². The summed E-state index contributed by atoms with van der Waals surface area (Å²) in [5, 5.41) is 18.4. The zero-order chi connectivity index (χ0) is 8.85. The van der Waals surface area contributed by atoms with Crippen LogP contribution in [0.3, 0.4) is 0 Å². The SMILES string of the molecule is CCN(O)CCN(C)C(=O)O. The minimum absolute atomic E-state index is 0.319. The van der Waals surface area contributed by atoms with E-state index in [1.165, 1.54) is 7.05 Å². The summed E-state index contributed by atoms with van der Waals surface area (Å²) in [5.41, 5.74) is 0. The van der Waals surface area contributed by atoms with Gasteiger partial charge in [0.05, 0.1) is 0 Å². The number of hydrogen-bond acceptors (Lipinski definition) is 3. The summed E-state index contributed by atoms with van der Waals surface area (Å²) >= 11 is 0. The molecule has 0 aromatic rings. The highest BCUT2D eigenvalue weighted by molar-refractivity contribution is 5.64. The van der Waals surface area contributed by atoms with Gasteiger partial charge in [-0.1, -0.05) is 6.92 Å². The van der Waals surface area contributed by atoms with Crippen LogP contribution in [0.4, 0.5) is 4.79 Å². The van der Waals surface area contributed by atoms with Crippen molar-refractivity contribution < 1.29 is 15.1 Å². The molecule has 66 valence electrons. The fourth-order valence-corrected chi connectivity index (χ4v) is 0.519. The average Bonchev–Trinajstić information content (AvgIpc) is 1.99. The molecule has 1 amide bonds. The Kier molecular flexibility index (Phi) is 4.56. The smallest absolute Gasteiger partial charge is 0.407 e. The first kappa shape index (κ1) is 10.2. The van der Waals surface area contributed by atoms with Gasteiger partial charge in [0.1, 0.15) is 0 Å². The Morgan fingerprint density at radius 3 is 2.36 bits per heavy atom. The molecule has 11 heavy (non-hydrogen) atoms. The molecule has 0 saturated carbocycles. The van der Waals surface area contributed by atoms with E-state index in [2.05, 4.69) is 0 Å². The molecule has 0 saturated heterocycles. The van der Waals surface area contributed by atoms with Gasteiger partial charge in [-0.15, -0.1) is 0 Å². The summed E-state index contributed by atoms with van der Waals surface area (Å²) in [5.74, 6) is 0. The molecular weight excluding hydrogens is 148 g/mol. The number of amides is 1. The summed E-state index contributed by atoms with van der Waals surface area (Å²) in [6.07, 6.45) is -0.977. The Labute approximate surface area is 65.8 Å². The van der Waals surface area contributed by atoms with Crippen molar-refractivity contribution in [1.29, 1.82) is 0 Å². The van der Waals surface area contributed by atoms with E-state index in [1.807, 2.05) is 0 Å². The van der Waals surface area contributed by atoms with Crippen LogP contribution in [0.5, 0.6) is 0 Å². The van der Waals surface area contributed by atoms with Crippen molar-refractivity contribution in [3.05, 3.63) is 0 Å². The average molecular weight is 162 g/mol. The zero-order valence-electron chi connectivity index (χ0n) is 6.82. The van der Waals surface area contributed by atoms with Crippen LogP contribution < -0.4 is 0 Å². The van der Waals surface area contributed by atoms with Crippen LogP contribution in [0.1, 0.15) is 6.92 Å². The second-order valence-corrected chi connectivity index (χ2v) is 2.25. The monoisotopic (exact) mass is 162 g/mol. The van der Waals surface area contributed by atoms with Gasteiger partial charge in [0.2, 0.25) is 0 Å². The van der Waals surface area contributed by atoms with Gasteiger partial charge in [-0.2, -0.15) is 5.06 Å². The molecule has 0 heterocycles. The third kappa shape index (κ3) is 4.58. The molecule has 5 heteroatoms. The van der Waals surface area contributed by atoms with E-state index in [-0.39, 0.29) is 0 Å². The largest absolute Gasteiger partial charge is 0.465 e. The Hall–Kier alpha value is -0.810. The van der Waals surface area contributed by atoms with Crippen LogP contribution in [0.2, 0.25) is 0 Å². The highest BCUT2D eigenvalue weighted by Gasteiger charge is 2.05. The van der Waals surface area contributed by atoms with E-state index in [9.17, 15) is 4.79 Å². The maximum Gasteiger partial charge on any atom is 0.407 e. The van der Waals surface area contributed by atoms with E-state index in [0.717, 1.165) is 9.96 Å². The van der Waals surface area contributed by atoms with Gasteiger partial charge in [-0.05, 0) is 0 Å². The van der Waals surface area contributed by atoms with Crippen molar-refractivity contribution in [3.8, 4) is 0 Å². The first-order chi connectivity index (χ1) is 5.07. The minimum Gasteiger partial charge on any atom is -0.465 e. The highest BCUT2D eigenvalue weighted by Crippen LogP contribution is 1.85. The molecule has 0 unspecified atom stereocenters. The van der Waals surface area contributed by atoms with Crippen LogP contribution in [-0.4, -0.2) is 53.1 Å². The van der Waals surface area contributed by atoms with Gasteiger partial charge in [0, 0.05) is 26.7 Å². The minimum atomic E-state index is -0.977. The number of carbonyl (C=O) groups is 1. The molecule has 0 atom stereocenters. The van der Waals surface area contributed by atoms with Gasteiger partial charge in [0.25, 0.3) is 0 Å². The predicted molar refractivity (Wildman–Crippen MR) is 39.7 cm³/mol. The fourth-order valence-electron chi connectivity index (χ4n) is 0.519. The summed E-state index contributed by atoms with van der Waals surface area (Å²) < 4.78 is 0. The van der Waals surface area contributed by atoms with Gasteiger partial charge in [0.15, 0.2) is 0 Å². The van der Waals surface area contributed by atoms with Gasteiger partial charge < -0.3 is 15.2 Å². The van der Waals surface area contributed by atoms with Crippen LogP contribution >= 0.6 is 0 Å². The molecule has 0 bridgehead atoms. The fraction of sp³-hybridized carbons (Fsp3) is 0.833. The number of carboxylic acid groups (broad SMARTS) is 1. The van der Waals surface area contributed by atoms with Gasteiger partial charge in [-0.25, -0.2) is 4.79 Å². The quantitative estimate of drug-likeness (QED) is 0.584. The Bertz CT molecular complexity index is 129. The number of hydroxylamine groups is 2. The summed E-state index contributed by atoms with van der Waals surface area (Å²) in [7, 11) is 1.46. The summed E-state index contributed by atoms with van der Waals surface area (Å²) in [6.45, 7) is 2.97. The maximum absolute atomic E-state index is 10.2. The normalized spacial score (nSPS) is 10.2. The first-order valence-electron chi connectivity index (χ1n) is 3.45. The second kappa shape index (κ2) is 4.92. The number of likely N-dealkylation sites (N-methyl/N-ethyl adjacent to an activating group) is 2. The standard InChI is InChI=1S/C6H14N2O3/c1-3-8(11)5-4-7(2)6(9)10/h11H,3-5H2,1-2H3,(H,9,10). The second-order valence-electron chi connectivity index (χ2n) is 2.25.